The highest BCUT2D eigenvalue weighted by molar-refractivity contribution is 9.11. The van der Waals surface area contributed by atoms with Gasteiger partial charge in [-0.15, -0.1) is 19.2 Å². The third-order valence-corrected chi connectivity index (χ3v) is 21.6. The van der Waals surface area contributed by atoms with E-state index in [1.807, 2.05) is 61.5 Å². The Labute approximate surface area is 755 Å². The average molecular weight is 2030 g/mol. The molecule has 0 radical (unpaired) electrons. The molecule has 0 saturated carbocycles. The molecule has 122 heavy (non-hydrogen) atoms. The van der Waals surface area contributed by atoms with Crippen LogP contribution >= 0.6 is 122 Å². The van der Waals surface area contributed by atoms with Crippen molar-refractivity contribution in [2.45, 2.75) is 79.8 Å². The van der Waals surface area contributed by atoms with E-state index < -0.39 is 24.2 Å². The number of carbonyl (C=O) groups is 4. The Hall–Kier alpha value is -10.9. The van der Waals surface area contributed by atoms with Gasteiger partial charge in [-0.3, -0.25) is 25.3 Å². The molecule has 12 aromatic heterocycles. The first-order chi connectivity index (χ1) is 58.4. The Bertz CT molecular complexity index is 5280. The van der Waals surface area contributed by atoms with Crippen LogP contribution in [0.3, 0.4) is 0 Å². The first-order valence-electron chi connectivity index (χ1n) is 35.4. The second-order valence-electron chi connectivity index (χ2n) is 24.6. The molecule has 9 N–H and O–H groups in total. The maximum atomic E-state index is 12.5. The van der Waals surface area contributed by atoms with Crippen LogP contribution in [0.5, 0.6) is 5.75 Å². The van der Waals surface area contributed by atoms with E-state index in [0.29, 0.717) is 94.6 Å². The van der Waals surface area contributed by atoms with Crippen LogP contribution in [0.25, 0.3) is 23.3 Å². The van der Waals surface area contributed by atoms with Gasteiger partial charge in [-0.2, -0.15) is 44.7 Å². The van der Waals surface area contributed by atoms with Crippen molar-refractivity contribution in [3.8, 4) is 29.0 Å². The minimum atomic E-state index is -0.631. The summed E-state index contributed by atoms with van der Waals surface area (Å²) in [6.45, 7) is 15.1. The number of aryl methyl sites for hydroxylation is 4. The van der Waals surface area contributed by atoms with Gasteiger partial charge in [-0.1, -0.05) is 64.6 Å². The lowest BCUT2D eigenvalue weighted by molar-refractivity contribution is 0.119. The largest absolute Gasteiger partial charge is 0.417 e. The topological polar surface area (TPSA) is 451 Å². The molecule has 2 unspecified atom stereocenters. The molecule has 13 aromatic rings. The second kappa shape index (κ2) is 47.5. The predicted octanol–water partition coefficient (Wildman–Crippen LogP) is 19.0. The van der Waals surface area contributed by atoms with Crippen molar-refractivity contribution < 1.29 is 46.7 Å². The zero-order valence-electron chi connectivity index (χ0n) is 66.7. The number of rotatable bonds is 20. The summed E-state index contributed by atoms with van der Waals surface area (Å²) in [6.07, 6.45) is 24.4. The normalized spacial score (nSPS) is 11.6. The SMILES string of the molecule is COC(C)c1c(N)cnc(C)c1Br.COC(C)c1c(NC(=O)Nc2cnc(-n3nccn3)c(Cl)c2)cnc(C)c1Br.CO[C@@H](C)c1c(NC(=O)Nc2cnc(-n3nccn3)c(Cl)c2)cnc(C)c1Br.CO[C@H](C)c1c(NC(=O)Nc2cnc(-n3nccn3)c(Cl)c2)cnc(C)c1Br.CSF.O=C(Nc1cnc(-n2nccn2)c(Cl)c1)Oc1ccccc1. The number of ether oxygens (including phenoxy) is 5. The van der Waals surface area contributed by atoms with Gasteiger partial charge in [0.1, 0.15) is 5.75 Å². The molecule has 47 heteroatoms. The maximum Gasteiger partial charge on any atom is 0.417 e. The molecular weight excluding hydrogens is 1950 g/mol. The Balaban J connectivity index is 0.000000191. The highest BCUT2D eigenvalue weighted by atomic mass is 79.9. The quantitative estimate of drug-likeness (QED) is 0.0351. The molecule has 4 atom stereocenters. The monoisotopic (exact) mass is 2020 g/mol. The number of aromatic nitrogens is 20. The number of hydrogen-bond donors (Lipinski definition) is 8. The summed E-state index contributed by atoms with van der Waals surface area (Å²) in [7, 11) is 6.45. The summed E-state index contributed by atoms with van der Waals surface area (Å²) in [5, 5.41) is 51.9. The average Bonchev–Trinajstić information content (AvgIpc) is 1.83. The van der Waals surface area contributed by atoms with Crippen LogP contribution in [0.15, 0.2) is 172 Å². The number of hydrogen-bond acceptors (Lipinski definition) is 27. The third-order valence-electron chi connectivity index (χ3n) is 16.4. The van der Waals surface area contributed by atoms with Crippen molar-refractivity contribution in [1.82, 2.24) is 99.8 Å². The van der Waals surface area contributed by atoms with E-state index in [2.05, 4.69) is 182 Å². The number of nitrogen functional groups attached to an aromatic ring is 1. The van der Waals surface area contributed by atoms with Gasteiger partial charge in [-0.05, 0) is 156 Å². The van der Waals surface area contributed by atoms with Crippen LogP contribution in [-0.2, 0) is 18.9 Å². The summed E-state index contributed by atoms with van der Waals surface area (Å²) < 4.78 is 40.0. The van der Waals surface area contributed by atoms with E-state index in [1.165, 1.54) is 99.8 Å². The van der Waals surface area contributed by atoms with E-state index in [1.54, 1.807) is 102 Å². The number of nitrogens with one attached hydrogen (secondary N) is 7. The minimum Gasteiger partial charge on any atom is -0.410 e. The van der Waals surface area contributed by atoms with E-state index in [9.17, 15) is 23.1 Å². The first kappa shape index (κ1) is 96.5. The Kier molecular flexibility index (Phi) is 37.6. The number of anilines is 8. The molecule has 0 aliphatic heterocycles. The number of amides is 7. The number of nitrogens with two attached hydrogens (primary N) is 1. The number of carbonyl (C=O) groups excluding carboxylic acids is 4. The molecular formula is C75H77Br4Cl4FN28O9S. The zero-order chi connectivity index (χ0) is 88.9. The van der Waals surface area contributed by atoms with Crippen molar-refractivity contribution in [3.63, 3.8) is 0 Å². The summed E-state index contributed by atoms with van der Waals surface area (Å²) in [5.41, 5.74) is 16.3. The number of pyridine rings is 8. The Morgan fingerprint density at radius 2 is 0.639 bits per heavy atom. The molecule has 640 valence electrons. The molecule has 1 aromatic carbocycles. The summed E-state index contributed by atoms with van der Waals surface area (Å²) in [6, 6.07) is 13.6. The first-order valence-corrected chi connectivity index (χ1v) is 41.2. The Morgan fingerprint density at radius 3 is 0.902 bits per heavy atom. The summed E-state index contributed by atoms with van der Waals surface area (Å²) in [5.74, 6) is 1.89. The lowest BCUT2D eigenvalue weighted by Crippen LogP contribution is -2.21. The van der Waals surface area contributed by atoms with Gasteiger partial charge < -0.3 is 61.3 Å². The Morgan fingerprint density at radius 1 is 0.393 bits per heavy atom. The standard InChI is InChI=1S/3C17H17BrClN7O2.C14H10ClN5O2.C9H13BrN2O.CH3FS/c3*1-9-15(18)14(10(2)28-3)13(8-20-9)25-17(27)24-11-6-12(19)16(21-7-11)26-22-4-5-23-26;15-12-8-10(9-16-13(12)20-17-6-7-18-20)19-14(21)22-11-4-2-1-3-5-11;1-5-9(10)8(6(2)13-3)7(11)4-12-5;1-3-2/h3*4-8,10H,1-3H3,(H2,24,25,27);1-9H,(H,19,21);4,6H,11H2,1-3H3;1H3/t2*10-;;;;/m10..../s1. The molecule has 0 bridgehead atoms. The number of methoxy groups -OCH3 is 4. The van der Waals surface area contributed by atoms with Crippen molar-refractivity contribution in [1.29, 1.82) is 0 Å². The van der Waals surface area contributed by atoms with Gasteiger partial charge in [0, 0.05) is 87.0 Å². The van der Waals surface area contributed by atoms with Crippen LogP contribution in [0, 0.1) is 27.7 Å². The minimum absolute atomic E-state index is 0.0175. The van der Waals surface area contributed by atoms with E-state index >= 15 is 0 Å². The lowest BCUT2D eigenvalue weighted by Gasteiger charge is -2.18. The van der Waals surface area contributed by atoms with Gasteiger partial charge in [0.05, 0.1) is 212 Å². The van der Waals surface area contributed by atoms with Crippen LogP contribution in [0.1, 0.15) is 97.1 Å². The van der Waals surface area contributed by atoms with E-state index in [-0.39, 0.29) is 36.6 Å². The lowest BCUT2D eigenvalue weighted by atomic mass is 10.1. The summed E-state index contributed by atoms with van der Waals surface area (Å²) in [4.78, 5) is 87.9. The van der Waals surface area contributed by atoms with Crippen molar-refractivity contribution in [3.05, 3.63) is 237 Å². The highest BCUT2D eigenvalue weighted by Gasteiger charge is 2.24. The van der Waals surface area contributed by atoms with Gasteiger partial charge >= 0.3 is 24.2 Å². The molecule has 0 saturated heterocycles. The fourth-order valence-corrected chi connectivity index (χ4v) is 13.8. The molecule has 0 aliphatic rings. The number of nitrogens with zero attached hydrogens (tertiary/aromatic N) is 20. The molecule has 7 amide bonds. The van der Waals surface area contributed by atoms with Crippen LogP contribution in [-0.4, -0.2) is 159 Å². The molecule has 37 nitrogen and oxygen atoms in total. The number of halogens is 9. The molecule has 0 fully saturated rings. The van der Waals surface area contributed by atoms with Gasteiger partial charge in [-0.25, -0.2) is 39.1 Å². The molecule has 13 rings (SSSR count). The van der Waals surface area contributed by atoms with Crippen molar-refractivity contribution in [2.75, 3.05) is 77.6 Å². The number of para-hydroxylation sites is 1. The van der Waals surface area contributed by atoms with Gasteiger partial charge in [0.2, 0.25) is 0 Å². The smallest absolute Gasteiger partial charge is 0.410 e. The third kappa shape index (κ3) is 27.0. The fourth-order valence-electron chi connectivity index (χ4n) is 10.3. The zero-order valence-corrected chi connectivity index (χ0v) is 76.9. The van der Waals surface area contributed by atoms with Gasteiger partial charge in [0.25, 0.3) is 0 Å². The second-order valence-corrected chi connectivity index (χ2v) is 29.7. The molecule has 0 aliphatic carbocycles. The van der Waals surface area contributed by atoms with Crippen molar-refractivity contribution >= 4 is 192 Å². The van der Waals surface area contributed by atoms with Crippen LogP contribution < -0.4 is 47.7 Å². The number of urea groups is 3. The number of benzene rings is 1. The predicted molar refractivity (Wildman–Crippen MR) is 478 cm³/mol. The van der Waals surface area contributed by atoms with Crippen molar-refractivity contribution in [2.24, 2.45) is 0 Å². The van der Waals surface area contributed by atoms with Crippen LogP contribution in [0.4, 0.5) is 68.6 Å². The highest BCUT2D eigenvalue weighted by Crippen LogP contribution is 2.38. The maximum absolute atomic E-state index is 12.5. The fraction of sp³-hybridized carbons (Fsp3) is 0.227. The molecule has 12 heterocycles. The summed E-state index contributed by atoms with van der Waals surface area (Å²) >= 11 is 39.0. The molecule has 0 spiro atoms. The van der Waals surface area contributed by atoms with Gasteiger partial charge in [0.15, 0.2) is 23.3 Å². The van der Waals surface area contributed by atoms with Crippen LogP contribution in [0.2, 0.25) is 20.1 Å². The van der Waals surface area contributed by atoms with E-state index in [4.69, 9.17) is 75.8 Å². The van der Waals surface area contributed by atoms with E-state index in [0.717, 1.165) is 62.9 Å².